The highest BCUT2D eigenvalue weighted by Gasteiger charge is 2.46. The molecule has 0 spiro atoms. The van der Waals surface area contributed by atoms with Gasteiger partial charge in [0.2, 0.25) is 15.9 Å². The number of rotatable bonds is 6. The summed E-state index contributed by atoms with van der Waals surface area (Å²) in [6.07, 6.45) is 1.19. The van der Waals surface area contributed by atoms with Gasteiger partial charge in [-0.3, -0.25) is 9.59 Å². The molecule has 28 heavy (non-hydrogen) atoms. The first-order valence-corrected chi connectivity index (χ1v) is 11.6. The molecule has 0 aliphatic carbocycles. The summed E-state index contributed by atoms with van der Waals surface area (Å²) >= 11 is 5.40. The van der Waals surface area contributed by atoms with Crippen molar-refractivity contribution in [3.63, 3.8) is 0 Å². The molecule has 1 aliphatic rings. The lowest BCUT2D eigenvalue weighted by Gasteiger charge is -2.25. The highest BCUT2D eigenvalue weighted by atomic mass is 127. The average molecular weight is 575 g/mol. The first-order chi connectivity index (χ1) is 13.3. The molecule has 0 bridgehead atoms. The Labute approximate surface area is 185 Å². The van der Waals surface area contributed by atoms with E-state index in [-0.39, 0.29) is 17.9 Å². The summed E-state index contributed by atoms with van der Waals surface area (Å²) in [6, 6.07) is 11.9. The third-order valence-electron chi connectivity index (χ3n) is 4.28. The van der Waals surface area contributed by atoms with Crippen LogP contribution in [0.25, 0.3) is 0 Å². The third kappa shape index (κ3) is 4.07. The molecule has 2 aromatic carbocycles. The van der Waals surface area contributed by atoms with Gasteiger partial charge in [-0.2, -0.15) is 4.31 Å². The summed E-state index contributed by atoms with van der Waals surface area (Å²) in [6.45, 7) is 3.52. The maximum absolute atomic E-state index is 13.1. The van der Waals surface area contributed by atoms with Gasteiger partial charge in [-0.15, -0.1) is 6.58 Å². The highest BCUT2D eigenvalue weighted by molar-refractivity contribution is 14.1. The van der Waals surface area contributed by atoms with Crippen molar-refractivity contribution in [3.05, 3.63) is 69.2 Å². The van der Waals surface area contributed by atoms with E-state index in [1.165, 1.54) is 18.2 Å². The molecule has 3 rings (SSSR count). The molecule has 1 unspecified atom stereocenters. The van der Waals surface area contributed by atoms with Crippen molar-refractivity contribution in [2.24, 2.45) is 0 Å². The molecule has 0 N–H and O–H groups in total. The van der Waals surface area contributed by atoms with Crippen molar-refractivity contribution >= 4 is 66.0 Å². The molecule has 0 radical (unpaired) electrons. The number of hydrogen-bond acceptors (Lipinski definition) is 4. The predicted molar refractivity (Wildman–Crippen MR) is 118 cm³/mol. The number of nitrogens with zero attached hydrogens (tertiary/aromatic N) is 2. The lowest BCUT2D eigenvalue weighted by atomic mass is 10.2. The van der Waals surface area contributed by atoms with E-state index in [4.69, 9.17) is 0 Å². The van der Waals surface area contributed by atoms with E-state index in [1.807, 2.05) is 0 Å². The van der Waals surface area contributed by atoms with Crippen LogP contribution in [0.2, 0.25) is 0 Å². The van der Waals surface area contributed by atoms with Crippen molar-refractivity contribution in [1.29, 1.82) is 0 Å². The van der Waals surface area contributed by atoms with E-state index < -0.39 is 27.9 Å². The largest absolute Gasteiger partial charge is 0.274 e. The van der Waals surface area contributed by atoms with Crippen LogP contribution in [0.4, 0.5) is 5.69 Å². The Hall–Kier alpha value is -1.56. The minimum atomic E-state index is -3.99. The van der Waals surface area contributed by atoms with Crippen LogP contribution < -0.4 is 4.90 Å². The smallest absolute Gasteiger partial charge is 0.252 e. The highest BCUT2D eigenvalue weighted by Crippen LogP contribution is 2.30. The monoisotopic (exact) mass is 574 g/mol. The minimum Gasteiger partial charge on any atom is -0.274 e. The van der Waals surface area contributed by atoms with Crippen LogP contribution in [0.15, 0.2) is 70.6 Å². The van der Waals surface area contributed by atoms with Crippen LogP contribution in [0.1, 0.15) is 6.42 Å². The molecular formula is C19H16BrIN2O4S. The van der Waals surface area contributed by atoms with Gasteiger partial charge in [0.1, 0.15) is 6.04 Å². The zero-order chi connectivity index (χ0) is 20.5. The first-order valence-electron chi connectivity index (χ1n) is 8.26. The van der Waals surface area contributed by atoms with Crippen molar-refractivity contribution in [3.8, 4) is 0 Å². The van der Waals surface area contributed by atoms with Gasteiger partial charge in [0.25, 0.3) is 5.91 Å². The minimum absolute atomic E-state index is 0.0468. The van der Waals surface area contributed by atoms with Gasteiger partial charge in [0.15, 0.2) is 0 Å². The topological polar surface area (TPSA) is 74.8 Å². The standard InChI is InChI=1S/C19H16BrIN2O4S/c1-2-11-22(28(26,27)16-9-3-13(20)4-10-16)17-12-18(24)23(19(17)25)15-7-5-14(21)6-8-15/h2-10,17H,1,11-12H2. The SMILES string of the molecule is C=CCN(C1CC(=O)N(c2ccc(I)cc2)C1=O)S(=O)(=O)c1ccc(Br)cc1. The molecule has 146 valence electrons. The maximum atomic E-state index is 13.1. The van der Waals surface area contributed by atoms with Crippen LogP contribution in [0.5, 0.6) is 0 Å². The number of amides is 2. The fourth-order valence-electron chi connectivity index (χ4n) is 2.96. The van der Waals surface area contributed by atoms with Gasteiger partial charge < -0.3 is 0 Å². The number of hydrogen-bond donors (Lipinski definition) is 0. The summed E-state index contributed by atoms with van der Waals surface area (Å²) < 4.78 is 29.0. The zero-order valence-corrected chi connectivity index (χ0v) is 19.1. The Balaban J connectivity index is 1.97. The summed E-state index contributed by atoms with van der Waals surface area (Å²) in [4.78, 5) is 26.6. The van der Waals surface area contributed by atoms with Crippen LogP contribution in [0.3, 0.4) is 0 Å². The van der Waals surface area contributed by atoms with E-state index in [1.54, 1.807) is 36.4 Å². The fourth-order valence-corrected chi connectivity index (χ4v) is 5.14. The first kappa shape index (κ1) is 21.2. The normalized spacial score (nSPS) is 17.4. The summed E-state index contributed by atoms with van der Waals surface area (Å²) in [7, 11) is -3.99. The molecular weight excluding hydrogens is 559 g/mol. The Morgan fingerprint density at radius 3 is 2.32 bits per heavy atom. The number of carbonyl (C=O) groups excluding carboxylic acids is 2. The van der Waals surface area contributed by atoms with E-state index in [2.05, 4.69) is 45.1 Å². The van der Waals surface area contributed by atoms with Gasteiger partial charge in [-0.05, 0) is 71.1 Å². The third-order valence-corrected chi connectivity index (χ3v) is 7.42. The van der Waals surface area contributed by atoms with E-state index in [9.17, 15) is 18.0 Å². The molecule has 1 aliphatic heterocycles. The van der Waals surface area contributed by atoms with E-state index >= 15 is 0 Å². The van der Waals surface area contributed by atoms with Crippen LogP contribution >= 0.6 is 38.5 Å². The Bertz CT molecular complexity index is 1020. The number of sulfonamides is 1. The second kappa shape index (κ2) is 8.44. The molecule has 1 saturated heterocycles. The summed E-state index contributed by atoms with van der Waals surface area (Å²) in [5, 5.41) is 0. The molecule has 6 nitrogen and oxygen atoms in total. The summed E-state index contributed by atoms with van der Waals surface area (Å²) in [5.41, 5.74) is 0.428. The van der Waals surface area contributed by atoms with Crippen LogP contribution in [-0.2, 0) is 19.6 Å². The zero-order valence-electron chi connectivity index (χ0n) is 14.6. The van der Waals surface area contributed by atoms with E-state index in [0.717, 1.165) is 17.2 Å². The van der Waals surface area contributed by atoms with Crippen molar-refractivity contribution < 1.29 is 18.0 Å². The lowest BCUT2D eigenvalue weighted by Crippen LogP contribution is -2.45. The second-order valence-corrected chi connectivity index (χ2v) is 10.1. The van der Waals surface area contributed by atoms with Crippen molar-refractivity contribution in [1.82, 2.24) is 4.31 Å². The molecule has 2 aromatic rings. The lowest BCUT2D eigenvalue weighted by molar-refractivity contribution is -0.122. The predicted octanol–water partition coefficient (Wildman–Crippen LogP) is 3.56. The Morgan fingerprint density at radius 2 is 1.75 bits per heavy atom. The number of halogens is 2. The molecule has 2 amide bonds. The van der Waals surface area contributed by atoms with Crippen molar-refractivity contribution in [2.45, 2.75) is 17.4 Å². The van der Waals surface area contributed by atoms with Gasteiger partial charge in [0.05, 0.1) is 17.0 Å². The number of imide groups is 1. The van der Waals surface area contributed by atoms with Gasteiger partial charge in [-0.1, -0.05) is 22.0 Å². The summed E-state index contributed by atoms with van der Waals surface area (Å²) in [5.74, 6) is -0.995. The van der Waals surface area contributed by atoms with Crippen LogP contribution in [-0.4, -0.2) is 37.1 Å². The number of benzene rings is 2. The maximum Gasteiger partial charge on any atom is 0.252 e. The fraction of sp³-hybridized carbons (Fsp3) is 0.158. The molecule has 0 saturated carbocycles. The number of anilines is 1. The Kier molecular flexibility index (Phi) is 6.37. The quantitative estimate of drug-likeness (QED) is 0.300. The number of carbonyl (C=O) groups is 2. The average Bonchev–Trinajstić information content (AvgIpc) is 2.95. The molecule has 9 heteroatoms. The van der Waals surface area contributed by atoms with Crippen LogP contribution in [0, 0.1) is 3.57 Å². The van der Waals surface area contributed by atoms with E-state index in [0.29, 0.717) is 5.69 Å². The Morgan fingerprint density at radius 1 is 1.14 bits per heavy atom. The molecule has 1 atom stereocenters. The molecule has 1 heterocycles. The van der Waals surface area contributed by atoms with Gasteiger partial charge in [0, 0.05) is 14.6 Å². The van der Waals surface area contributed by atoms with Gasteiger partial charge >= 0.3 is 0 Å². The second-order valence-electron chi connectivity index (χ2n) is 6.08. The van der Waals surface area contributed by atoms with Crippen molar-refractivity contribution in [2.75, 3.05) is 11.4 Å². The molecule has 1 fully saturated rings. The van der Waals surface area contributed by atoms with Gasteiger partial charge in [-0.25, -0.2) is 13.3 Å². The molecule has 0 aromatic heterocycles.